The molecule has 2 rings (SSSR count). The van der Waals surface area contributed by atoms with Crippen molar-refractivity contribution in [3.8, 4) is 10.4 Å². The topological polar surface area (TPSA) is 12.0 Å². The van der Waals surface area contributed by atoms with Crippen molar-refractivity contribution in [3.05, 3.63) is 47.3 Å². The molecule has 0 unspecified atom stereocenters. The van der Waals surface area contributed by atoms with E-state index in [4.69, 9.17) is 0 Å². The Morgan fingerprint density at radius 2 is 1.88 bits per heavy atom. The second-order valence-corrected chi connectivity index (χ2v) is 5.89. The molecule has 0 aliphatic carbocycles. The van der Waals surface area contributed by atoms with Gasteiger partial charge in [-0.2, -0.15) is 0 Å². The molecule has 1 nitrogen and oxygen atoms in total. The fourth-order valence-corrected chi connectivity index (χ4v) is 3.10. The van der Waals surface area contributed by atoms with Crippen LogP contribution in [0.5, 0.6) is 0 Å². The van der Waals surface area contributed by atoms with Crippen LogP contribution in [0.1, 0.15) is 19.4 Å². The molecular formula is C15H19NS. The maximum Gasteiger partial charge on any atom is 0.0345 e. The first-order valence-corrected chi connectivity index (χ1v) is 6.80. The van der Waals surface area contributed by atoms with Gasteiger partial charge in [-0.3, -0.25) is 0 Å². The Balaban J connectivity index is 2.28. The fraction of sp³-hybridized carbons (Fsp3) is 0.333. The maximum atomic E-state index is 3.26. The molecule has 2 aromatic rings. The summed E-state index contributed by atoms with van der Waals surface area (Å²) < 4.78 is 0. The van der Waals surface area contributed by atoms with Gasteiger partial charge in [0.15, 0.2) is 0 Å². The van der Waals surface area contributed by atoms with Gasteiger partial charge in [-0.1, -0.05) is 44.2 Å². The smallest absolute Gasteiger partial charge is 0.0345 e. The van der Waals surface area contributed by atoms with E-state index in [1.807, 2.05) is 18.4 Å². The summed E-state index contributed by atoms with van der Waals surface area (Å²) >= 11 is 1.83. The molecule has 1 aromatic carbocycles. The summed E-state index contributed by atoms with van der Waals surface area (Å²) in [6.45, 7) is 5.55. The second-order valence-electron chi connectivity index (χ2n) is 4.98. The lowest BCUT2D eigenvalue weighted by Crippen LogP contribution is -2.30. The van der Waals surface area contributed by atoms with Crippen LogP contribution in [0.4, 0.5) is 0 Å². The molecule has 2 heteroatoms. The van der Waals surface area contributed by atoms with E-state index in [-0.39, 0.29) is 5.41 Å². The highest BCUT2D eigenvalue weighted by atomic mass is 32.1. The number of nitrogens with one attached hydrogen (secondary N) is 1. The largest absolute Gasteiger partial charge is 0.319 e. The number of thiophene rings is 1. The SMILES string of the molecule is CNCC(C)(C)c1csc(-c2ccccc2)c1. The molecule has 0 saturated heterocycles. The van der Waals surface area contributed by atoms with Crippen molar-refractivity contribution in [2.75, 3.05) is 13.6 Å². The molecule has 0 aliphatic heterocycles. The Morgan fingerprint density at radius 3 is 2.53 bits per heavy atom. The number of hydrogen-bond acceptors (Lipinski definition) is 2. The van der Waals surface area contributed by atoms with Crippen LogP contribution >= 0.6 is 11.3 Å². The Kier molecular flexibility index (Phi) is 3.65. The van der Waals surface area contributed by atoms with Gasteiger partial charge in [-0.25, -0.2) is 0 Å². The van der Waals surface area contributed by atoms with Crippen molar-refractivity contribution in [1.82, 2.24) is 5.32 Å². The first kappa shape index (κ1) is 12.3. The Labute approximate surface area is 108 Å². The predicted octanol–water partition coefficient (Wildman–Crippen LogP) is 3.91. The molecule has 0 amide bonds. The zero-order valence-electron chi connectivity index (χ0n) is 10.7. The van der Waals surface area contributed by atoms with E-state index in [0.29, 0.717) is 0 Å². The highest BCUT2D eigenvalue weighted by Gasteiger charge is 2.21. The maximum absolute atomic E-state index is 3.26. The summed E-state index contributed by atoms with van der Waals surface area (Å²) in [7, 11) is 2.01. The quantitative estimate of drug-likeness (QED) is 0.861. The van der Waals surface area contributed by atoms with E-state index in [0.717, 1.165) is 6.54 Å². The van der Waals surface area contributed by atoms with Crippen LogP contribution in [-0.2, 0) is 5.41 Å². The lowest BCUT2D eigenvalue weighted by molar-refractivity contribution is 0.496. The van der Waals surface area contributed by atoms with Crippen molar-refractivity contribution < 1.29 is 0 Å². The van der Waals surface area contributed by atoms with E-state index in [1.165, 1.54) is 16.0 Å². The molecule has 17 heavy (non-hydrogen) atoms. The Hall–Kier alpha value is -1.12. The average Bonchev–Trinajstić information content (AvgIpc) is 2.80. The van der Waals surface area contributed by atoms with Crippen LogP contribution in [-0.4, -0.2) is 13.6 Å². The average molecular weight is 245 g/mol. The van der Waals surface area contributed by atoms with E-state index in [9.17, 15) is 0 Å². The third-order valence-electron chi connectivity index (χ3n) is 3.06. The third kappa shape index (κ3) is 2.76. The number of benzene rings is 1. The number of rotatable bonds is 4. The minimum Gasteiger partial charge on any atom is -0.319 e. The van der Waals surface area contributed by atoms with Gasteiger partial charge in [0, 0.05) is 16.8 Å². The van der Waals surface area contributed by atoms with Gasteiger partial charge in [-0.05, 0) is 29.6 Å². The van der Waals surface area contributed by atoms with Crippen LogP contribution in [0.3, 0.4) is 0 Å². The minimum atomic E-state index is 0.193. The van der Waals surface area contributed by atoms with E-state index in [1.54, 1.807) is 0 Å². The molecule has 1 aromatic heterocycles. The standard InChI is InChI=1S/C15H19NS/c1-15(2,11-16-3)13-9-14(17-10-13)12-7-5-4-6-8-12/h4-10,16H,11H2,1-3H3. The highest BCUT2D eigenvalue weighted by Crippen LogP contribution is 2.33. The van der Waals surface area contributed by atoms with E-state index < -0.39 is 0 Å². The summed E-state index contributed by atoms with van der Waals surface area (Å²) in [5, 5.41) is 5.54. The highest BCUT2D eigenvalue weighted by molar-refractivity contribution is 7.13. The first-order chi connectivity index (χ1) is 8.13. The van der Waals surface area contributed by atoms with Gasteiger partial charge in [0.25, 0.3) is 0 Å². The summed E-state index contributed by atoms with van der Waals surface area (Å²) in [6, 6.07) is 12.9. The Morgan fingerprint density at radius 1 is 1.18 bits per heavy atom. The summed E-state index contributed by atoms with van der Waals surface area (Å²) in [5.41, 5.74) is 2.91. The fourth-order valence-electron chi connectivity index (χ4n) is 1.99. The summed E-state index contributed by atoms with van der Waals surface area (Å²) in [5.74, 6) is 0. The number of likely N-dealkylation sites (N-methyl/N-ethyl adjacent to an activating group) is 1. The molecule has 0 saturated carbocycles. The summed E-state index contributed by atoms with van der Waals surface area (Å²) in [4.78, 5) is 1.35. The lowest BCUT2D eigenvalue weighted by atomic mass is 9.86. The zero-order chi connectivity index (χ0) is 12.3. The van der Waals surface area contributed by atoms with Gasteiger partial charge in [0.05, 0.1) is 0 Å². The van der Waals surface area contributed by atoms with Gasteiger partial charge in [0.2, 0.25) is 0 Å². The molecule has 0 fully saturated rings. The molecule has 0 aliphatic rings. The van der Waals surface area contributed by atoms with Crippen molar-refractivity contribution in [3.63, 3.8) is 0 Å². The number of hydrogen-bond donors (Lipinski definition) is 1. The van der Waals surface area contributed by atoms with Crippen LogP contribution in [0.15, 0.2) is 41.8 Å². The minimum absolute atomic E-state index is 0.193. The van der Waals surface area contributed by atoms with Crippen molar-refractivity contribution >= 4 is 11.3 Å². The van der Waals surface area contributed by atoms with Crippen LogP contribution < -0.4 is 5.32 Å². The van der Waals surface area contributed by atoms with Gasteiger partial charge >= 0.3 is 0 Å². The second kappa shape index (κ2) is 5.03. The monoisotopic (exact) mass is 245 g/mol. The van der Waals surface area contributed by atoms with Crippen molar-refractivity contribution in [2.24, 2.45) is 0 Å². The molecular weight excluding hydrogens is 226 g/mol. The molecule has 0 spiro atoms. The molecule has 1 heterocycles. The lowest BCUT2D eigenvalue weighted by Gasteiger charge is -2.23. The summed E-state index contributed by atoms with van der Waals surface area (Å²) in [6.07, 6.45) is 0. The van der Waals surface area contributed by atoms with E-state index in [2.05, 4.69) is 60.9 Å². The zero-order valence-corrected chi connectivity index (χ0v) is 11.5. The van der Waals surface area contributed by atoms with Crippen molar-refractivity contribution in [1.29, 1.82) is 0 Å². The third-order valence-corrected chi connectivity index (χ3v) is 4.04. The van der Waals surface area contributed by atoms with Gasteiger partial charge in [0.1, 0.15) is 0 Å². The molecule has 0 bridgehead atoms. The van der Waals surface area contributed by atoms with E-state index >= 15 is 0 Å². The van der Waals surface area contributed by atoms with Crippen LogP contribution in [0, 0.1) is 0 Å². The predicted molar refractivity (Wildman–Crippen MR) is 76.7 cm³/mol. The van der Waals surface area contributed by atoms with Crippen LogP contribution in [0.25, 0.3) is 10.4 Å². The normalized spacial score (nSPS) is 11.7. The molecule has 0 radical (unpaired) electrons. The molecule has 90 valence electrons. The van der Waals surface area contributed by atoms with Gasteiger partial charge < -0.3 is 5.32 Å². The van der Waals surface area contributed by atoms with Crippen LogP contribution in [0.2, 0.25) is 0 Å². The molecule has 1 N–H and O–H groups in total. The molecule has 0 atom stereocenters. The van der Waals surface area contributed by atoms with Crippen molar-refractivity contribution in [2.45, 2.75) is 19.3 Å². The first-order valence-electron chi connectivity index (χ1n) is 5.92. The van der Waals surface area contributed by atoms with Gasteiger partial charge in [-0.15, -0.1) is 11.3 Å². The Bertz CT molecular complexity index is 471.